The van der Waals surface area contributed by atoms with E-state index in [-0.39, 0.29) is 17.9 Å². The van der Waals surface area contributed by atoms with Crippen LogP contribution in [0.2, 0.25) is 0 Å². The van der Waals surface area contributed by atoms with Gasteiger partial charge in [0.1, 0.15) is 11.7 Å². The minimum Gasteiger partial charge on any atom is -0.351 e. The number of benzene rings is 2. The second-order valence-electron chi connectivity index (χ2n) is 8.74. The van der Waals surface area contributed by atoms with E-state index in [0.717, 1.165) is 42.4 Å². The molecule has 170 valence electrons. The van der Waals surface area contributed by atoms with Crippen LogP contribution in [-0.2, 0) is 11.3 Å². The van der Waals surface area contributed by atoms with E-state index in [1.165, 1.54) is 6.42 Å². The fourth-order valence-corrected chi connectivity index (χ4v) is 4.57. The SMILES string of the molecule is Cc1ccccc1[C@H](C(=O)NC1CCCCC1)N(Cc1ccccc1)C(=O)c1ccccn1. The van der Waals surface area contributed by atoms with Crippen molar-refractivity contribution in [2.75, 3.05) is 0 Å². The summed E-state index contributed by atoms with van der Waals surface area (Å²) in [4.78, 5) is 33.5. The second kappa shape index (κ2) is 10.9. The van der Waals surface area contributed by atoms with Crippen molar-refractivity contribution in [1.82, 2.24) is 15.2 Å². The number of aromatic nitrogens is 1. The summed E-state index contributed by atoms with van der Waals surface area (Å²) < 4.78 is 0. The predicted octanol–water partition coefficient (Wildman–Crippen LogP) is 5.22. The van der Waals surface area contributed by atoms with Gasteiger partial charge in [-0.3, -0.25) is 14.6 Å². The number of nitrogens with one attached hydrogen (secondary N) is 1. The van der Waals surface area contributed by atoms with Crippen LogP contribution in [0, 0.1) is 6.92 Å². The molecule has 5 nitrogen and oxygen atoms in total. The number of pyridine rings is 1. The first-order chi connectivity index (χ1) is 16.1. The van der Waals surface area contributed by atoms with Gasteiger partial charge in [0.25, 0.3) is 5.91 Å². The smallest absolute Gasteiger partial charge is 0.273 e. The minimum absolute atomic E-state index is 0.128. The molecule has 0 bridgehead atoms. The summed E-state index contributed by atoms with van der Waals surface area (Å²) in [5, 5.41) is 3.26. The van der Waals surface area contributed by atoms with E-state index < -0.39 is 6.04 Å². The zero-order valence-corrected chi connectivity index (χ0v) is 19.1. The van der Waals surface area contributed by atoms with Gasteiger partial charge in [-0.2, -0.15) is 0 Å². The molecule has 1 N–H and O–H groups in total. The Hall–Kier alpha value is -3.47. The van der Waals surface area contributed by atoms with Crippen molar-refractivity contribution >= 4 is 11.8 Å². The van der Waals surface area contributed by atoms with E-state index in [0.29, 0.717) is 12.2 Å². The molecule has 1 aromatic heterocycles. The van der Waals surface area contributed by atoms with Crippen LogP contribution in [-0.4, -0.2) is 27.7 Å². The minimum atomic E-state index is -0.747. The molecule has 0 spiro atoms. The van der Waals surface area contributed by atoms with Crippen LogP contribution in [0.5, 0.6) is 0 Å². The quantitative estimate of drug-likeness (QED) is 0.547. The third kappa shape index (κ3) is 5.67. The number of amides is 2. The van der Waals surface area contributed by atoms with E-state index in [4.69, 9.17) is 0 Å². The average Bonchev–Trinajstić information content (AvgIpc) is 2.86. The zero-order valence-electron chi connectivity index (χ0n) is 19.1. The molecule has 1 heterocycles. The van der Waals surface area contributed by atoms with Gasteiger partial charge in [-0.1, -0.05) is 79.9 Å². The zero-order chi connectivity index (χ0) is 23.0. The molecule has 1 saturated carbocycles. The van der Waals surface area contributed by atoms with Crippen LogP contribution < -0.4 is 5.32 Å². The van der Waals surface area contributed by atoms with Crippen LogP contribution >= 0.6 is 0 Å². The first-order valence-corrected chi connectivity index (χ1v) is 11.8. The van der Waals surface area contributed by atoms with Crippen molar-refractivity contribution in [3.05, 3.63) is 101 Å². The van der Waals surface area contributed by atoms with Crippen LogP contribution in [0.3, 0.4) is 0 Å². The van der Waals surface area contributed by atoms with E-state index in [1.54, 1.807) is 29.3 Å². The van der Waals surface area contributed by atoms with E-state index >= 15 is 0 Å². The maximum Gasteiger partial charge on any atom is 0.273 e. The molecule has 0 saturated heterocycles. The Morgan fingerprint density at radius 3 is 2.33 bits per heavy atom. The number of nitrogens with zero attached hydrogens (tertiary/aromatic N) is 2. The number of hydrogen-bond donors (Lipinski definition) is 1. The molecule has 1 aliphatic carbocycles. The number of rotatable bonds is 7. The molecule has 2 aromatic carbocycles. The summed E-state index contributed by atoms with van der Waals surface area (Å²) in [5.41, 5.74) is 3.11. The van der Waals surface area contributed by atoms with Crippen LogP contribution in [0.4, 0.5) is 0 Å². The van der Waals surface area contributed by atoms with Crippen molar-refractivity contribution < 1.29 is 9.59 Å². The fraction of sp³-hybridized carbons (Fsp3) is 0.321. The number of carbonyl (C=O) groups excluding carboxylic acids is 2. The molecule has 3 aromatic rings. The summed E-state index contributed by atoms with van der Waals surface area (Å²) in [6.07, 6.45) is 7.05. The van der Waals surface area contributed by atoms with Gasteiger partial charge in [0.15, 0.2) is 0 Å². The van der Waals surface area contributed by atoms with Gasteiger partial charge in [-0.05, 0) is 48.6 Å². The van der Waals surface area contributed by atoms with Gasteiger partial charge >= 0.3 is 0 Å². The lowest BCUT2D eigenvalue weighted by Crippen LogP contribution is -2.47. The highest BCUT2D eigenvalue weighted by Crippen LogP contribution is 2.29. The highest BCUT2D eigenvalue weighted by molar-refractivity contribution is 5.96. The molecule has 1 fully saturated rings. The highest BCUT2D eigenvalue weighted by Gasteiger charge is 2.34. The summed E-state index contributed by atoms with van der Waals surface area (Å²) in [6, 6.07) is 22.3. The lowest BCUT2D eigenvalue weighted by molar-refractivity contribution is -0.127. The molecule has 1 aliphatic rings. The van der Waals surface area contributed by atoms with Crippen LogP contribution in [0.25, 0.3) is 0 Å². The number of carbonyl (C=O) groups is 2. The third-order valence-electron chi connectivity index (χ3n) is 6.34. The number of hydrogen-bond acceptors (Lipinski definition) is 3. The summed E-state index contributed by atoms with van der Waals surface area (Å²) in [6.45, 7) is 2.30. The fourth-order valence-electron chi connectivity index (χ4n) is 4.57. The maximum absolute atomic E-state index is 13.8. The molecule has 33 heavy (non-hydrogen) atoms. The second-order valence-corrected chi connectivity index (χ2v) is 8.74. The van der Waals surface area contributed by atoms with E-state index in [2.05, 4.69) is 10.3 Å². The Labute approximate surface area is 195 Å². The molecule has 0 aliphatic heterocycles. The standard InChI is InChI=1S/C28H31N3O2/c1-21-12-8-9-17-24(21)26(27(32)30-23-15-6-3-7-16-23)31(20-22-13-4-2-5-14-22)28(33)25-18-10-11-19-29-25/h2,4-5,8-14,17-19,23,26H,3,6-7,15-16,20H2,1H3,(H,30,32)/t26-/m1/s1. The van der Waals surface area contributed by atoms with Crippen molar-refractivity contribution in [2.24, 2.45) is 0 Å². The van der Waals surface area contributed by atoms with Crippen molar-refractivity contribution in [3.63, 3.8) is 0 Å². The van der Waals surface area contributed by atoms with Gasteiger partial charge in [0, 0.05) is 18.8 Å². The van der Waals surface area contributed by atoms with Crippen LogP contribution in [0.1, 0.15) is 65.3 Å². The van der Waals surface area contributed by atoms with E-state index in [9.17, 15) is 9.59 Å². The molecular formula is C28H31N3O2. The third-order valence-corrected chi connectivity index (χ3v) is 6.34. The first kappa shape index (κ1) is 22.7. The van der Waals surface area contributed by atoms with Crippen molar-refractivity contribution in [1.29, 1.82) is 0 Å². The monoisotopic (exact) mass is 441 g/mol. The summed E-state index contributed by atoms with van der Waals surface area (Å²) in [5.74, 6) is -0.386. The lowest BCUT2D eigenvalue weighted by atomic mass is 9.93. The Morgan fingerprint density at radius 2 is 1.64 bits per heavy atom. The van der Waals surface area contributed by atoms with Crippen molar-refractivity contribution in [3.8, 4) is 0 Å². The Kier molecular flexibility index (Phi) is 7.51. The molecule has 4 rings (SSSR count). The first-order valence-electron chi connectivity index (χ1n) is 11.8. The lowest BCUT2D eigenvalue weighted by Gasteiger charge is -2.34. The van der Waals surface area contributed by atoms with Gasteiger partial charge in [-0.15, -0.1) is 0 Å². The molecule has 5 heteroatoms. The van der Waals surface area contributed by atoms with E-state index in [1.807, 2.05) is 61.5 Å². The van der Waals surface area contributed by atoms with Gasteiger partial charge < -0.3 is 10.2 Å². The van der Waals surface area contributed by atoms with Crippen LogP contribution in [0.15, 0.2) is 79.0 Å². The largest absolute Gasteiger partial charge is 0.351 e. The van der Waals surface area contributed by atoms with Gasteiger partial charge in [0.05, 0.1) is 0 Å². The van der Waals surface area contributed by atoms with Gasteiger partial charge in [0.2, 0.25) is 5.91 Å². The topological polar surface area (TPSA) is 62.3 Å². The summed E-state index contributed by atoms with van der Waals surface area (Å²) in [7, 11) is 0. The normalized spacial score (nSPS) is 14.9. The average molecular weight is 442 g/mol. The Bertz CT molecular complexity index is 1060. The number of aryl methyl sites for hydroxylation is 1. The van der Waals surface area contributed by atoms with Gasteiger partial charge in [-0.25, -0.2) is 0 Å². The molecule has 0 unspecified atom stereocenters. The molecule has 2 amide bonds. The Morgan fingerprint density at radius 1 is 0.939 bits per heavy atom. The predicted molar refractivity (Wildman–Crippen MR) is 129 cm³/mol. The molecule has 0 radical (unpaired) electrons. The summed E-state index contributed by atoms with van der Waals surface area (Å²) >= 11 is 0. The Balaban J connectivity index is 1.75. The van der Waals surface area contributed by atoms with Crippen molar-refractivity contribution in [2.45, 2.75) is 57.7 Å². The molecule has 1 atom stereocenters. The maximum atomic E-state index is 13.8. The highest BCUT2D eigenvalue weighted by atomic mass is 16.2. The molecular weight excluding hydrogens is 410 g/mol.